The van der Waals surface area contributed by atoms with Crippen LogP contribution < -0.4 is 9.47 Å². The summed E-state index contributed by atoms with van der Waals surface area (Å²) < 4.78 is 24.1. The van der Waals surface area contributed by atoms with Gasteiger partial charge in [0.25, 0.3) is 0 Å². The van der Waals surface area contributed by atoms with E-state index in [0.717, 1.165) is 85.6 Å². The summed E-state index contributed by atoms with van der Waals surface area (Å²) in [5, 5.41) is 21.1. The lowest BCUT2D eigenvalue weighted by molar-refractivity contribution is -0.168. The molecular weight excluding hydrogens is 849 g/mol. The number of esters is 2. The smallest absolute Gasteiger partial charge is 0.306 e. The molecule has 346 valence electrons. The Hall–Kier alpha value is -4.18. The van der Waals surface area contributed by atoms with Crippen molar-refractivity contribution >= 4 is 35.5 Å². The van der Waals surface area contributed by atoms with Crippen LogP contribution in [0.5, 0.6) is 11.5 Å². The molecule has 0 amide bonds. The molecule has 4 aromatic rings. The predicted molar refractivity (Wildman–Crippen MR) is 251 cm³/mol. The van der Waals surface area contributed by atoms with Crippen LogP contribution in [0.15, 0.2) is 107 Å². The molecular formula is C50H66N4O8S2. The lowest BCUT2D eigenvalue weighted by Crippen LogP contribution is -2.46. The number of carbonyl (C=O) groups is 2. The topological polar surface area (TPSA) is 144 Å². The molecule has 2 N–H and O–H groups in total. The third kappa shape index (κ3) is 15.2. The van der Waals surface area contributed by atoms with Crippen LogP contribution in [0.25, 0.3) is 0 Å². The number of likely N-dealkylation sites (tertiary alicyclic amines) is 2. The number of hydrogen-bond acceptors (Lipinski definition) is 14. The minimum absolute atomic E-state index is 0.191. The maximum Gasteiger partial charge on any atom is 0.306 e. The zero-order chi connectivity index (χ0) is 45.0. The largest absolute Gasteiger partial charge is 0.465 e. The third-order valence-corrected chi connectivity index (χ3v) is 13.9. The van der Waals surface area contributed by atoms with E-state index in [4.69, 9.17) is 18.9 Å². The van der Waals surface area contributed by atoms with Gasteiger partial charge in [0.05, 0.1) is 0 Å². The molecule has 2 fully saturated rings. The van der Waals surface area contributed by atoms with Crippen LogP contribution in [0.4, 0.5) is 0 Å². The van der Waals surface area contributed by atoms with Gasteiger partial charge in [-0.25, -0.2) is 0 Å². The monoisotopic (exact) mass is 914 g/mol. The van der Waals surface area contributed by atoms with Gasteiger partial charge in [-0.3, -0.25) is 19.6 Å². The number of aliphatic hydroxyl groups excluding tert-OH is 2. The minimum atomic E-state index is -0.904. The third-order valence-electron chi connectivity index (χ3n) is 12.4. The second-order valence-corrected chi connectivity index (χ2v) is 18.6. The van der Waals surface area contributed by atoms with Crippen molar-refractivity contribution in [3.63, 3.8) is 0 Å². The summed E-state index contributed by atoms with van der Waals surface area (Å²) in [4.78, 5) is 42.1. The van der Waals surface area contributed by atoms with Crippen molar-refractivity contribution in [2.24, 2.45) is 0 Å². The fraction of sp³-hybridized carbons (Fsp3) is 0.520. The van der Waals surface area contributed by atoms with Crippen molar-refractivity contribution in [1.29, 1.82) is 0 Å². The number of aliphatic hydroxyl groups is 2. The van der Waals surface area contributed by atoms with E-state index >= 15 is 0 Å². The van der Waals surface area contributed by atoms with E-state index in [9.17, 15) is 19.8 Å². The molecule has 2 aliphatic rings. The zero-order valence-electron chi connectivity index (χ0n) is 37.5. The van der Waals surface area contributed by atoms with E-state index in [2.05, 4.69) is 19.8 Å². The highest BCUT2D eigenvalue weighted by atomic mass is 32.2. The molecule has 2 unspecified atom stereocenters. The number of ether oxygens (including phenoxy) is 4. The predicted octanol–water partition coefficient (Wildman–Crippen LogP) is 8.99. The van der Waals surface area contributed by atoms with Gasteiger partial charge in [0, 0.05) is 136 Å². The molecule has 0 aliphatic carbocycles. The van der Waals surface area contributed by atoms with Gasteiger partial charge in [-0.15, -0.1) is 23.5 Å². The molecule has 2 saturated heterocycles. The summed E-state index contributed by atoms with van der Waals surface area (Å²) in [7, 11) is 0. The van der Waals surface area contributed by atoms with E-state index in [-0.39, 0.29) is 11.9 Å². The Labute approximate surface area is 387 Å². The van der Waals surface area contributed by atoms with Crippen LogP contribution in [-0.2, 0) is 30.3 Å². The number of hydrogen-bond donors (Lipinski definition) is 2. The summed E-state index contributed by atoms with van der Waals surface area (Å²) in [6, 6.07) is 23.2. The number of nitrogens with zero attached hydrogens (tertiary/aromatic N) is 4. The highest BCUT2D eigenvalue weighted by molar-refractivity contribution is 7.98. The van der Waals surface area contributed by atoms with Gasteiger partial charge in [-0.05, 0) is 86.0 Å². The van der Waals surface area contributed by atoms with Crippen molar-refractivity contribution < 1.29 is 38.7 Å². The van der Waals surface area contributed by atoms with Crippen LogP contribution in [0.2, 0.25) is 0 Å². The van der Waals surface area contributed by atoms with Crippen LogP contribution >= 0.6 is 23.5 Å². The molecule has 6 rings (SSSR count). The summed E-state index contributed by atoms with van der Waals surface area (Å²) in [6.07, 6.45) is 18.8. The van der Waals surface area contributed by atoms with E-state index in [0.29, 0.717) is 76.0 Å². The first-order chi connectivity index (χ1) is 31.2. The van der Waals surface area contributed by atoms with Crippen LogP contribution in [0.1, 0.15) is 101 Å². The fourth-order valence-corrected chi connectivity index (χ4v) is 9.37. The Morgan fingerprint density at radius 3 is 1.31 bits per heavy atom. The number of aromatic nitrogens is 2. The molecule has 12 nitrogen and oxygen atoms in total. The summed E-state index contributed by atoms with van der Waals surface area (Å²) in [5.41, 5.74) is 0.387. The number of carbonyl (C=O) groups excluding carboxylic acids is 2. The molecule has 64 heavy (non-hydrogen) atoms. The molecule has 2 atom stereocenters. The Morgan fingerprint density at radius 1 is 0.594 bits per heavy atom. The van der Waals surface area contributed by atoms with Crippen molar-refractivity contribution in [2.75, 3.05) is 51.8 Å². The Balaban J connectivity index is 0.859. The van der Waals surface area contributed by atoms with Gasteiger partial charge in [-0.1, -0.05) is 37.8 Å². The van der Waals surface area contributed by atoms with Crippen LogP contribution in [0, 0.1) is 0 Å². The van der Waals surface area contributed by atoms with Gasteiger partial charge < -0.3 is 39.0 Å². The van der Waals surface area contributed by atoms with E-state index in [1.807, 2.05) is 85.3 Å². The van der Waals surface area contributed by atoms with E-state index in [1.165, 1.54) is 0 Å². The minimum Gasteiger partial charge on any atom is -0.465 e. The molecule has 14 heteroatoms. The van der Waals surface area contributed by atoms with Crippen molar-refractivity contribution in [3.05, 3.63) is 109 Å². The maximum absolute atomic E-state index is 13.3. The fourth-order valence-electron chi connectivity index (χ4n) is 8.55. The first kappa shape index (κ1) is 49.3. The number of piperidine rings is 2. The Morgan fingerprint density at radius 2 is 0.969 bits per heavy atom. The van der Waals surface area contributed by atoms with Crippen LogP contribution in [-0.4, -0.2) is 106 Å². The van der Waals surface area contributed by atoms with Gasteiger partial charge in [0.1, 0.15) is 22.7 Å². The quantitative estimate of drug-likeness (QED) is 0.0283. The SMILES string of the molecule is CSc1ccc(OC(O)CCN2CCC(OC(=O)CCCCCCCCC(=O)OC3(c4cccnc4)CCN(CCC(O)Oc4ccc(SC)cc4)CC3)(c3cccnc3)CC2)cc1. The van der Waals surface area contributed by atoms with E-state index < -0.39 is 23.8 Å². The molecule has 0 radical (unpaired) electrons. The van der Waals surface area contributed by atoms with Crippen molar-refractivity contribution in [1.82, 2.24) is 19.8 Å². The number of rotatable bonds is 25. The number of unbranched alkanes of at least 4 members (excludes halogenated alkanes) is 5. The molecule has 0 bridgehead atoms. The van der Waals surface area contributed by atoms with Gasteiger partial charge in [0.2, 0.25) is 0 Å². The maximum atomic E-state index is 13.3. The number of pyridine rings is 2. The zero-order valence-corrected chi connectivity index (χ0v) is 39.1. The summed E-state index contributed by atoms with van der Waals surface area (Å²) in [5.74, 6) is 0.913. The summed E-state index contributed by atoms with van der Waals surface area (Å²) in [6.45, 7) is 4.26. The number of thioether (sulfide) groups is 2. The molecule has 0 saturated carbocycles. The highest BCUT2D eigenvalue weighted by Crippen LogP contribution is 2.39. The normalized spacial score (nSPS) is 17.2. The molecule has 4 heterocycles. The first-order valence-electron chi connectivity index (χ1n) is 22.8. The lowest BCUT2D eigenvalue weighted by Gasteiger charge is -2.41. The van der Waals surface area contributed by atoms with Gasteiger partial charge >= 0.3 is 11.9 Å². The standard InChI is InChI=1S/C50H66N4O8S2/c1-63-43-19-15-41(16-20-43)59-45(55)23-31-53-33-25-49(26-34-53,39-11-9-29-51-37-39)61-47(57)13-7-5-3-4-6-8-14-48(58)62-50(40-12-10-30-52-38-40)27-35-54(36-28-50)32-24-46(56)60-42-17-21-44(64-2)22-18-42/h9-12,15-22,29-30,37-38,45-46,55-56H,3-8,13-14,23-28,31-36H2,1-2H3. The molecule has 0 spiro atoms. The van der Waals surface area contributed by atoms with Crippen molar-refractivity contribution in [2.45, 2.75) is 123 Å². The second-order valence-electron chi connectivity index (χ2n) is 16.8. The first-order valence-corrected chi connectivity index (χ1v) is 25.3. The van der Waals surface area contributed by atoms with Gasteiger partial charge in [0.15, 0.2) is 12.6 Å². The Bertz CT molecular complexity index is 1820. The second kappa shape index (κ2) is 25.5. The van der Waals surface area contributed by atoms with Crippen molar-refractivity contribution in [3.8, 4) is 11.5 Å². The lowest BCUT2D eigenvalue weighted by atomic mass is 9.84. The average molecular weight is 915 g/mol. The molecule has 2 aliphatic heterocycles. The number of benzene rings is 2. The van der Waals surface area contributed by atoms with Crippen LogP contribution in [0.3, 0.4) is 0 Å². The highest BCUT2D eigenvalue weighted by Gasteiger charge is 2.41. The molecule has 2 aromatic carbocycles. The Kier molecular flexibility index (Phi) is 19.6. The summed E-state index contributed by atoms with van der Waals surface area (Å²) >= 11 is 3.32. The molecule has 2 aromatic heterocycles. The van der Waals surface area contributed by atoms with Gasteiger partial charge in [-0.2, -0.15) is 0 Å². The average Bonchev–Trinajstić information content (AvgIpc) is 3.33. The van der Waals surface area contributed by atoms with E-state index in [1.54, 1.807) is 48.3 Å².